The van der Waals surface area contributed by atoms with Crippen molar-refractivity contribution in [1.29, 1.82) is 0 Å². The number of nitrogen functional groups attached to an aromatic ring is 1. The average Bonchev–Trinajstić information content (AvgIpc) is 3.38. The Labute approximate surface area is 222 Å². The largest absolute Gasteiger partial charge is 0.536 e. The predicted molar refractivity (Wildman–Crippen MR) is 127 cm³/mol. The molecular formula is C17H20N5O15P3. The number of nitrogens with two attached hydrogens (primary N) is 1. The maximum absolute atomic E-state index is 12.2. The van der Waals surface area contributed by atoms with E-state index in [9.17, 15) is 43.4 Å². The number of ether oxygens (including phenoxy) is 1. The summed E-state index contributed by atoms with van der Waals surface area (Å²) in [5, 5.41) is 29.6. The number of phosphoric ester groups is 2. The number of fused-ring (bicyclic) bond motifs is 1. The number of aromatic nitrogens is 4. The number of hydrogen-bond acceptors (Lipinski definition) is 15. The number of aromatic carboxylic acids is 1. The fourth-order valence-corrected chi connectivity index (χ4v) is 6.95. The van der Waals surface area contributed by atoms with Gasteiger partial charge in [-0.3, -0.25) is 14.0 Å². The molecule has 1 aliphatic rings. The van der Waals surface area contributed by atoms with Crippen LogP contribution in [0.15, 0.2) is 36.9 Å². The molecule has 8 N–H and O–H groups in total. The van der Waals surface area contributed by atoms with Gasteiger partial charge in [-0.1, -0.05) is 0 Å². The summed E-state index contributed by atoms with van der Waals surface area (Å²) in [6.45, 7) is -0.991. The van der Waals surface area contributed by atoms with Gasteiger partial charge in [0.05, 0.1) is 18.5 Å². The highest BCUT2D eigenvalue weighted by Gasteiger charge is 2.47. The summed E-state index contributed by atoms with van der Waals surface area (Å²) < 4.78 is 60.1. The van der Waals surface area contributed by atoms with Crippen molar-refractivity contribution < 1.29 is 70.9 Å². The van der Waals surface area contributed by atoms with Crippen LogP contribution in [0.5, 0.6) is 5.75 Å². The SMILES string of the molecule is Nc1ncnc2c1ncn2[C@@H]1O[C@H](COP(=O)(O)OP(=O)(O)OP(=O)(O)Oc2ccc(C(=O)O)cc2)[C@@H](O)[C@H]1O. The van der Waals surface area contributed by atoms with Crippen molar-refractivity contribution in [2.75, 3.05) is 12.3 Å². The lowest BCUT2D eigenvalue weighted by Gasteiger charge is -2.20. The maximum Gasteiger partial charge on any atom is 0.536 e. The molecule has 23 heteroatoms. The Morgan fingerprint density at radius 2 is 1.62 bits per heavy atom. The first-order chi connectivity index (χ1) is 18.6. The van der Waals surface area contributed by atoms with Crippen LogP contribution in [-0.2, 0) is 31.6 Å². The molecule has 2 aromatic heterocycles. The number of nitrogens with zero attached hydrogens (tertiary/aromatic N) is 4. The summed E-state index contributed by atoms with van der Waals surface area (Å²) in [5.74, 6) is -1.74. The van der Waals surface area contributed by atoms with Gasteiger partial charge in [-0.05, 0) is 24.3 Å². The molecule has 0 saturated carbocycles. The highest BCUT2D eigenvalue weighted by atomic mass is 31.3. The van der Waals surface area contributed by atoms with E-state index in [-0.39, 0.29) is 22.5 Å². The number of phosphoric acid groups is 3. The summed E-state index contributed by atoms with van der Waals surface area (Å²) in [7, 11) is -16.9. The van der Waals surface area contributed by atoms with Gasteiger partial charge in [0.25, 0.3) is 0 Å². The zero-order valence-corrected chi connectivity index (χ0v) is 22.2. The van der Waals surface area contributed by atoms with Crippen LogP contribution in [0.1, 0.15) is 16.6 Å². The van der Waals surface area contributed by atoms with Gasteiger partial charge in [0.1, 0.15) is 35.9 Å². The van der Waals surface area contributed by atoms with E-state index < -0.39 is 66.3 Å². The van der Waals surface area contributed by atoms with Crippen molar-refractivity contribution in [2.24, 2.45) is 0 Å². The monoisotopic (exact) mass is 627 g/mol. The second-order valence-electron chi connectivity index (χ2n) is 7.91. The Balaban J connectivity index is 1.36. The molecule has 3 aromatic rings. The second kappa shape index (κ2) is 11.2. The van der Waals surface area contributed by atoms with Crippen molar-refractivity contribution >= 4 is 46.4 Å². The molecule has 1 saturated heterocycles. The summed E-state index contributed by atoms with van der Waals surface area (Å²) in [5.41, 5.74) is 5.80. The molecule has 3 heterocycles. The molecule has 0 spiro atoms. The smallest absolute Gasteiger partial charge is 0.478 e. The molecule has 218 valence electrons. The molecule has 4 rings (SSSR count). The van der Waals surface area contributed by atoms with Crippen LogP contribution in [0.3, 0.4) is 0 Å². The molecule has 0 radical (unpaired) electrons. The van der Waals surface area contributed by atoms with E-state index >= 15 is 0 Å². The van der Waals surface area contributed by atoms with Crippen molar-refractivity contribution in [3.63, 3.8) is 0 Å². The predicted octanol–water partition coefficient (Wildman–Crippen LogP) is 0.156. The molecule has 1 aliphatic heterocycles. The first-order valence-corrected chi connectivity index (χ1v) is 15.1. The maximum atomic E-state index is 12.2. The molecule has 0 aliphatic carbocycles. The van der Waals surface area contributed by atoms with Gasteiger partial charge in [-0.25, -0.2) is 33.4 Å². The minimum absolute atomic E-state index is 0.0274. The molecule has 1 aromatic carbocycles. The Kier molecular flexibility index (Phi) is 8.45. The summed E-state index contributed by atoms with van der Waals surface area (Å²) >= 11 is 0. The fourth-order valence-electron chi connectivity index (χ4n) is 3.43. The Hall–Kier alpha value is -2.83. The Morgan fingerprint density at radius 3 is 2.27 bits per heavy atom. The van der Waals surface area contributed by atoms with Gasteiger partial charge in [0, 0.05) is 0 Å². The quantitative estimate of drug-likeness (QED) is 0.139. The standard InChI is InChI=1S/C17H20N5O15P3/c18-14-11-15(20-6-19-14)22(7-21-11)16-13(24)12(23)10(34-16)5-33-38(27,28)36-40(31,32)37-39(29,30)35-9-3-1-8(2-4-9)17(25)26/h1-4,6-7,10,12-13,16,23-24H,5H2,(H,25,26)(H,27,28)(H,29,30)(H,31,32)(H2,18,19,20)/t10-,12-,13-,16-/m1/s1. The van der Waals surface area contributed by atoms with E-state index in [1.807, 2.05) is 0 Å². The average molecular weight is 627 g/mol. The molecule has 0 amide bonds. The number of carbonyl (C=O) groups is 1. The van der Waals surface area contributed by atoms with Crippen LogP contribution in [0, 0.1) is 0 Å². The highest BCUT2D eigenvalue weighted by molar-refractivity contribution is 7.67. The minimum Gasteiger partial charge on any atom is -0.478 e. The van der Waals surface area contributed by atoms with E-state index in [2.05, 4.69) is 32.6 Å². The lowest BCUT2D eigenvalue weighted by atomic mass is 10.1. The van der Waals surface area contributed by atoms with E-state index in [1.54, 1.807) is 0 Å². The van der Waals surface area contributed by atoms with Gasteiger partial charge in [-0.15, -0.1) is 0 Å². The third-order valence-corrected chi connectivity index (χ3v) is 9.35. The van der Waals surface area contributed by atoms with Crippen LogP contribution in [-0.4, -0.2) is 80.4 Å². The lowest BCUT2D eigenvalue weighted by Crippen LogP contribution is -2.33. The molecule has 1 fully saturated rings. The van der Waals surface area contributed by atoms with Crippen molar-refractivity contribution in [2.45, 2.75) is 24.5 Å². The summed E-state index contributed by atoms with van der Waals surface area (Å²) in [4.78, 5) is 51.9. The van der Waals surface area contributed by atoms with Crippen LogP contribution in [0.25, 0.3) is 11.2 Å². The van der Waals surface area contributed by atoms with Gasteiger partial charge in [-0.2, -0.15) is 8.62 Å². The van der Waals surface area contributed by atoms with Crippen LogP contribution < -0.4 is 10.3 Å². The first-order valence-electron chi connectivity index (χ1n) is 10.6. The van der Waals surface area contributed by atoms with Gasteiger partial charge in [0.15, 0.2) is 17.7 Å². The normalized spacial score (nSPS) is 25.6. The molecular weight excluding hydrogens is 607 g/mol. The van der Waals surface area contributed by atoms with Crippen molar-refractivity contribution in [3.8, 4) is 5.75 Å². The number of carboxylic acids is 1. The number of aliphatic hydroxyl groups excluding tert-OH is 2. The zero-order chi connectivity index (χ0) is 29.5. The van der Waals surface area contributed by atoms with Gasteiger partial charge >= 0.3 is 29.4 Å². The number of benzene rings is 1. The Morgan fingerprint density at radius 1 is 0.975 bits per heavy atom. The number of carboxylic acid groups (broad SMARTS) is 1. The van der Waals surface area contributed by atoms with Crippen LogP contribution >= 0.6 is 23.5 Å². The molecule has 3 unspecified atom stereocenters. The van der Waals surface area contributed by atoms with E-state index in [4.69, 9.17) is 15.6 Å². The molecule has 40 heavy (non-hydrogen) atoms. The topological polar surface area (TPSA) is 305 Å². The minimum atomic E-state index is -5.83. The summed E-state index contributed by atoms with van der Waals surface area (Å²) in [6, 6.07) is 3.84. The van der Waals surface area contributed by atoms with Crippen LogP contribution in [0.4, 0.5) is 5.82 Å². The molecule has 7 atom stereocenters. The zero-order valence-electron chi connectivity index (χ0n) is 19.5. The third kappa shape index (κ3) is 6.90. The third-order valence-electron chi connectivity index (χ3n) is 5.14. The van der Waals surface area contributed by atoms with Crippen molar-refractivity contribution in [1.82, 2.24) is 19.5 Å². The number of imidazole rings is 1. The fraction of sp³-hybridized carbons (Fsp3) is 0.294. The lowest BCUT2D eigenvalue weighted by molar-refractivity contribution is -0.0503. The van der Waals surface area contributed by atoms with E-state index in [1.165, 1.54) is 10.9 Å². The number of anilines is 1. The number of hydrogen-bond donors (Lipinski definition) is 7. The van der Waals surface area contributed by atoms with E-state index in [0.29, 0.717) is 0 Å². The number of rotatable bonds is 11. The van der Waals surface area contributed by atoms with Gasteiger partial charge in [0.2, 0.25) is 0 Å². The van der Waals surface area contributed by atoms with E-state index in [0.717, 1.165) is 30.6 Å². The second-order valence-corrected chi connectivity index (χ2v) is 12.5. The Bertz CT molecular complexity index is 1550. The summed E-state index contributed by atoms with van der Waals surface area (Å²) in [6.07, 6.45) is -3.85. The molecule has 0 bridgehead atoms. The van der Waals surface area contributed by atoms with Crippen LogP contribution in [0.2, 0.25) is 0 Å². The first kappa shape index (κ1) is 30.1. The highest BCUT2D eigenvalue weighted by Crippen LogP contribution is 2.67. The van der Waals surface area contributed by atoms with Gasteiger partial charge < -0.3 is 40.1 Å². The van der Waals surface area contributed by atoms with Crippen molar-refractivity contribution in [3.05, 3.63) is 42.5 Å². The molecule has 20 nitrogen and oxygen atoms in total. The number of aliphatic hydroxyl groups is 2.